The molecule has 0 radical (unpaired) electrons. The van der Waals surface area contributed by atoms with Gasteiger partial charge in [0.1, 0.15) is 0 Å². The molecule has 0 aromatic heterocycles. The molecule has 26 heavy (non-hydrogen) atoms. The van der Waals surface area contributed by atoms with Crippen molar-refractivity contribution in [2.75, 3.05) is 11.9 Å². The van der Waals surface area contributed by atoms with E-state index < -0.39 is 30.2 Å². The summed E-state index contributed by atoms with van der Waals surface area (Å²) in [6.07, 6.45) is 0. The number of amides is 1. The summed E-state index contributed by atoms with van der Waals surface area (Å²) in [5, 5.41) is 11.7. The van der Waals surface area contributed by atoms with Crippen molar-refractivity contribution in [3.8, 4) is 5.75 Å². The van der Waals surface area contributed by atoms with Gasteiger partial charge in [-0.1, -0.05) is 18.2 Å². The number of anilines is 1. The molecule has 9 heteroatoms. The van der Waals surface area contributed by atoms with E-state index in [0.717, 1.165) is 6.07 Å². The molecule has 0 saturated heterocycles. The van der Waals surface area contributed by atoms with Gasteiger partial charge >= 0.3 is 94.1 Å². The molecule has 4 N–H and O–H groups in total. The molecular formula is C17H20AsNO7. The van der Waals surface area contributed by atoms with Crippen LogP contribution < -0.4 is 9.67 Å². The summed E-state index contributed by atoms with van der Waals surface area (Å²) < 4.78 is 33.2. The number of benzene rings is 2. The van der Waals surface area contributed by atoms with Crippen molar-refractivity contribution in [3.05, 3.63) is 54.1 Å². The van der Waals surface area contributed by atoms with E-state index in [1.54, 1.807) is 19.1 Å². The van der Waals surface area contributed by atoms with Crippen molar-refractivity contribution in [2.45, 2.75) is 13.8 Å². The van der Waals surface area contributed by atoms with E-state index in [1.165, 1.54) is 19.1 Å². The maximum absolute atomic E-state index is 11.0. The Kier molecular flexibility index (Phi) is 8.12. The fraction of sp³-hybridized carbons (Fsp3) is 0.176. The molecule has 2 aromatic rings. The van der Waals surface area contributed by atoms with Crippen LogP contribution in [-0.4, -0.2) is 46.0 Å². The quantitative estimate of drug-likeness (QED) is 0.323. The van der Waals surface area contributed by atoms with Gasteiger partial charge in [-0.25, -0.2) is 4.79 Å². The van der Waals surface area contributed by atoms with Crippen LogP contribution in [0, 0.1) is 0 Å². The summed E-state index contributed by atoms with van der Waals surface area (Å²) in [6.45, 7) is 3.45. The van der Waals surface area contributed by atoms with Crippen molar-refractivity contribution in [3.63, 3.8) is 0 Å². The van der Waals surface area contributed by atoms with Gasteiger partial charge in [-0.2, -0.15) is 0 Å². The van der Waals surface area contributed by atoms with Gasteiger partial charge in [0.2, 0.25) is 0 Å². The van der Waals surface area contributed by atoms with Crippen LogP contribution in [0.5, 0.6) is 5.75 Å². The van der Waals surface area contributed by atoms with Gasteiger partial charge in [-0.05, 0) is 19.1 Å². The first-order valence-electron chi connectivity index (χ1n) is 7.54. The van der Waals surface area contributed by atoms with E-state index in [1.807, 2.05) is 18.2 Å². The van der Waals surface area contributed by atoms with E-state index in [4.69, 9.17) is 12.9 Å². The molecule has 0 saturated carbocycles. The van der Waals surface area contributed by atoms with Crippen LogP contribution in [0.3, 0.4) is 0 Å². The molecule has 0 fully saturated rings. The number of carbonyl (C=O) groups excluding carboxylic acids is 2. The van der Waals surface area contributed by atoms with Crippen LogP contribution >= 0.6 is 0 Å². The molecule has 8 nitrogen and oxygen atoms in total. The number of carbonyl (C=O) groups is 2. The Morgan fingerprint density at radius 3 is 2.19 bits per heavy atom. The van der Waals surface area contributed by atoms with Crippen LogP contribution in [0.25, 0.3) is 0 Å². The summed E-state index contributed by atoms with van der Waals surface area (Å²) in [7, 11) is 0. The first-order chi connectivity index (χ1) is 12.2. The largest absolute Gasteiger partial charge is 0.462 e. The maximum atomic E-state index is 11.0. The smallest absolute Gasteiger partial charge is 0.338 e. The molecule has 0 heterocycles. The van der Waals surface area contributed by atoms with Gasteiger partial charge in [0.05, 0.1) is 12.2 Å². The number of para-hydroxylation sites is 1. The Hall–Kier alpha value is -2.54. The standard InChI is InChI=1S/C9H10O2.C8H10AsNO5/c1-2-11-9(10)8-6-4-3-5-7-8;1-5(11)10-7-4-2-3-6(8(7)12)9(13,14)15/h3-7H,2H2,1H3;2-4,12H,1H3,(H,10,11)(H2,13,14,15). The Labute approximate surface area is 153 Å². The molecule has 2 rings (SSSR count). The molecule has 2 aromatic carbocycles. The number of phenolic OH excluding ortho intramolecular Hbond substituents is 1. The van der Waals surface area contributed by atoms with E-state index in [9.17, 15) is 18.4 Å². The summed E-state index contributed by atoms with van der Waals surface area (Å²) in [6, 6.07) is 12.8. The monoisotopic (exact) mass is 425 g/mol. The zero-order valence-corrected chi connectivity index (χ0v) is 16.1. The molecule has 0 unspecified atom stereocenters. The van der Waals surface area contributed by atoms with Crippen molar-refractivity contribution in [2.24, 2.45) is 0 Å². The summed E-state index contributed by atoms with van der Waals surface area (Å²) >= 11 is -5.15. The van der Waals surface area contributed by atoms with Crippen molar-refractivity contribution in [1.29, 1.82) is 0 Å². The summed E-state index contributed by atoms with van der Waals surface area (Å²) in [4.78, 5) is 21.7. The minimum absolute atomic E-state index is 0.00951. The van der Waals surface area contributed by atoms with Crippen LogP contribution in [-0.2, 0) is 13.3 Å². The van der Waals surface area contributed by atoms with E-state index >= 15 is 0 Å². The third kappa shape index (κ3) is 6.76. The number of hydrogen-bond acceptors (Lipinski definition) is 5. The number of esters is 1. The maximum Gasteiger partial charge on any atom is 0.338 e. The molecule has 1 amide bonds. The number of ether oxygens (including phenoxy) is 1. The van der Waals surface area contributed by atoms with Crippen molar-refractivity contribution < 1.29 is 31.4 Å². The second-order valence-electron chi connectivity index (χ2n) is 4.99. The number of phenols is 1. The fourth-order valence-corrected chi connectivity index (χ4v) is 3.27. The number of hydrogen-bond donors (Lipinski definition) is 4. The average Bonchev–Trinajstić information content (AvgIpc) is 2.57. The van der Waals surface area contributed by atoms with Gasteiger partial charge in [0, 0.05) is 0 Å². The molecule has 0 aliphatic rings. The predicted molar refractivity (Wildman–Crippen MR) is 95.3 cm³/mol. The van der Waals surface area contributed by atoms with Crippen molar-refractivity contribution >= 4 is 36.1 Å². The Morgan fingerprint density at radius 2 is 1.69 bits per heavy atom. The van der Waals surface area contributed by atoms with Gasteiger partial charge in [0.15, 0.2) is 0 Å². The zero-order valence-electron chi connectivity index (χ0n) is 14.2. The topological polar surface area (TPSA) is 133 Å². The molecule has 0 aliphatic heterocycles. The van der Waals surface area contributed by atoms with Crippen LogP contribution in [0.1, 0.15) is 24.2 Å². The second-order valence-corrected chi connectivity index (χ2v) is 8.28. The fourth-order valence-electron chi connectivity index (χ4n) is 1.85. The second kappa shape index (κ2) is 9.82. The van der Waals surface area contributed by atoms with Crippen LogP contribution in [0.4, 0.5) is 5.69 Å². The van der Waals surface area contributed by atoms with Crippen molar-refractivity contribution in [1.82, 2.24) is 0 Å². The van der Waals surface area contributed by atoms with E-state index in [-0.39, 0.29) is 11.7 Å². The van der Waals surface area contributed by atoms with Gasteiger partial charge < -0.3 is 4.74 Å². The van der Waals surface area contributed by atoms with Crippen LogP contribution in [0.15, 0.2) is 48.5 Å². The van der Waals surface area contributed by atoms with E-state index in [2.05, 4.69) is 5.32 Å². The number of rotatable bonds is 4. The van der Waals surface area contributed by atoms with Gasteiger partial charge in [0.25, 0.3) is 0 Å². The molecular weight excluding hydrogens is 405 g/mol. The SMILES string of the molecule is CC(=O)Nc1cccc([As](=O)(O)O)c1O.CCOC(=O)c1ccccc1. The molecule has 0 aliphatic carbocycles. The normalized spacial score (nSPS) is 10.3. The Balaban J connectivity index is 0.000000273. The van der Waals surface area contributed by atoms with Crippen LogP contribution in [0.2, 0.25) is 0 Å². The third-order valence-electron chi connectivity index (χ3n) is 2.92. The van der Waals surface area contributed by atoms with Gasteiger partial charge in [-0.3, -0.25) is 0 Å². The average molecular weight is 425 g/mol. The zero-order chi connectivity index (χ0) is 19.7. The minimum Gasteiger partial charge on any atom is -0.462 e. The third-order valence-corrected chi connectivity index (χ3v) is 5.00. The molecule has 0 spiro atoms. The van der Waals surface area contributed by atoms with Gasteiger partial charge in [-0.15, -0.1) is 0 Å². The minimum atomic E-state index is -5.15. The molecule has 0 atom stereocenters. The Morgan fingerprint density at radius 1 is 1.08 bits per heavy atom. The first kappa shape index (κ1) is 21.5. The number of nitrogens with one attached hydrogen (secondary N) is 1. The number of aromatic hydroxyl groups is 1. The summed E-state index contributed by atoms with van der Waals surface area (Å²) in [5.74, 6) is -1.27. The molecule has 140 valence electrons. The first-order valence-corrected chi connectivity index (χ1v) is 10.9. The van der Waals surface area contributed by atoms with E-state index in [0.29, 0.717) is 12.2 Å². The molecule has 0 bridgehead atoms. The summed E-state index contributed by atoms with van der Waals surface area (Å²) in [5.41, 5.74) is 0.596. The predicted octanol–water partition coefficient (Wildman–Crippen LogP) is 0.775. The Bertz CT molecular complexity index is 802.